The molecule has 0 saturated carbocycles. The van der Waals surface area contributed by atoms with E-state index in [0.717, 1.165) is 34.0 Å². The van der Waals surface area contributed by atoms with Crippen LogP contribution in [0.1, 0.15) is 16.9 Å². The molecule has 2 aromatic heterocycles. The van der Waals surface area contributed by atoms with Crippen molar-refractivity contribution in [2.75, 3.05) is 15.8 Å². The summed E-state index contributed by atoms with van der Waals surface area (Å²) in [5.74, 6) is 0.202. The van der Waals surface area contributed by atoms with Crippen LogP contribution in [-0.4, -0.2) is 30.2 Å². The summed E-state index contributed by atoms with van der Waals surface area (Å²) in [5, 5.41) is 16.9. The van der Waals surface area contributed by atoms with E-state index in [4.69, 9.17) is 9.51 Å². The third kappa shape index (κ3) is 6.68. The Bertz CT molecular complexity index is 1880. The van der Waals surface area contributed by atoms with Gasteiger partial charge in [-0.25, -0.2) is 13.4 Å². The highest BCUT2D eigenvalue weighted by molar-refractivity contribution is 8.00. The fourth-order valence-electron chi connectivity index (χ4n) is 4.11. The molecule has 0 aliphatic heterocycles. The number of carbonyl (C=O) groups is 1. The number of amides is 1. The van der Waals surface area contributed by atoms with Crippen LogP contribution in [0.2, 0.25) is 0 Å². The summed E-state index contributed by atoms with van der Waals surface area (Å²) in [6, 6.07) is 29.0. The maximum Gasteiger partial charge on any atom is 0.263 e. The number of aromatic nitrogens is 2. The highest BCUT2D eigenvalue weighted by Gasteiger charge is 2.19. The van der Waals surface area contributed by atoms with Crippen LogP contribution in [0.3, 0.4) is 0 Å². The molecule has 0 unspecified atom stereocenters. The Morgan fingerprint density at radius 1 is 0.952 bits per heavy atom. The van der Waals surface area contributed by atoms with E-state index >= 15 is 0 Å². The van der Waals surface area contributed by atoms with Crippen LogP contribution in [0.5, 0.6) is 0 Å². The quantitative estimate of drug-likeness (QED) is 0.186. The molecule has 0 fully saturated rings. The number of thioether (sulfide) groups is 1. The number of nitrogens with zero attached hydrogens (tertiary/aromatic N) is 3. The van der Waals surface area contributed by atoms with Gasteiger partial charge in [-0.15, -0.1) is 0 Å². The number of aryl methyl sites for hydroxylation is 2. The van der Waals surface area contributed by atoms with E-state index in [0.29, 0.717) is 27.7 Å². The summed E-state index contributed by atoms with van der Waals surface area (Å²) in [6.07, 6.45) is 0. The van der Waals surface area contributed by atoms with Crippen LogP contribution >= 0.6 is 11.8 Å². The number of pyridine rings is 1. The first kappa shape index (κ1) is 28.6. The number of nitrogens with one attached hydrogen (secondary N) is 2. The number of benzene rings is 3. The molecule has 9 nitrogen and oxygen atoms in total. The van der Waals surface area contributed by atoms with Crippen molar-refractivity contribution in [2.45, 2.75) is 23.8 Å². The monoisotopic (exact) mass is 595 g/mol. The van der Waals surface area contributed by atoms with Crippen LogP contribution < -0.4 is 10.0 Å². The average molecular weight is 596 g/mol. The molecule has 0 saturated heterocycles. The molecule has 0 aliphatic carbocycles. The Hall–Kier alpha value is -4.92. The minimum absolute atomic E-state index is 0.000230. The predicted octanol–water partition coefficient (Wildman–Crippen LogP) is 6.42. The van der Waals surface area contributed by atoms with Gasteiger partial charge in [0.15, 0.2) is 5.82 Å². The first-order chi connectivity index (χ1) is 20.2. The zero-order valence-electron chi connectivity index (χ0n) is 22.7. The van der Waals surface area contributed by atoms with Gasteiger partial charge in [0.05, 0.1) is 21.9 Å². The fourth-order valence-corrected chi connectivity index (χ4v) is 5.90. The number of rotatable bonds is 9. The molecule has 0 spiro atoms. The van der Waals surface area contributed by atoms with Crippen LogP contribution in [0.15, 0.2) is 105 Å². The maximum atomic E-state index is 12.9. The van der Waals surface area contributed by atoms with Crippen molar-refractivity contribution in [3.8, 4) is 28.5 Å². The van der Waals surface area contributed by atoms with E-state index in [9.17, 15) is 18.5 Å². The van der Waals surface area contributed by atoms with Crippen molar-refractivity contribution in [1.29, 1.82) is 5.26 Å². The van der Waals surface area contributed by atoms with Crippen LogP contribution in [-0.2, 0) is 14.8 Å². The molecule has 0 bridgehead atoms. The number of anilines is 2. The van der Waals surface area contributed by atoms with Crippen molar-refractivity contribution in [1.82, 2.24) is 10.1 Å². The lowest BCUT2D eigenvalue weighted by atomic mass is 9.98. The SMILES string of the molecule is Cc1ccc(-c2cc(-c3ccccc3)nc(SCC(=O)Nc3ccc(S(=O)(=O)Nc4cc(C)on4)cc3)c2C#N)cc1. The molecular formula is C31H25N5O4S2. The Morgan fingerprint density at radius 3 is 2.31 bits per heavy atom. The van der Waals surface area contributed by atoms with E-state index in [1.165, 1.54) is 30.3 Å². The van der Waals surface area contributed by atoms with E-state index in [-0.39, 0.29) is 22.4 Å². The Morgan fingerprint density at radius 2 is 1.67 bits per heavy atom. The molecule has 1 amide bonds. The lowest BCUT2D eigenvalue weighted by molar-refractivity contribution is -0.113. The summed E-state index contributed by atoms with van der Waals surface area (Å²) < 4.78 is 32.5. The summed E-state index contributed by atoms with van der Waals surface area (Å²) in [7, 11) is -3.88. The second-order valence-electron chi connectivity index (χ2n) is 9.37. The fraction of sp³-hybridized carbons (Fsp3) is 0.0968. The zero-order chi connectivity index (χ0) is 29.7. The Balaban J connectivity index is 1.33. The number of sulfonamides is 1. The molecule has 5 aromatic rings. The molecule has 2 heterocycles. The molecule has 11 heteroatoms. The Kier molecular flexibility index (Phi) is 8.38. The standard InChI is InChI=1S/C31H25N5O4S2/c1-20-8-10-22(11-9-20)26-17-28(23-6-4-3-5-7-23)34-31(27(26)18-32)41-19-30(37)33-24-12-14-25(15-13-24)42(38,39)36-29-16-21(2)40-35-29/h3-17H,19H2,1-2H3,(H,33,37)(H,35,36). The van der Waals surface area contributed by atoms with Gasteiger partial charge in [-0.2, -0.15) is 5.26 Å². The highest BCUT2D eigenvalue weighted by Crippen LogP contribution is 2.34. The molecule has 0 aliphatic rings. The van der Waals surface area contributed by atoms with Crippen LogP contribution in [0, 0.1) is 25.2 Å². The second-order valence-corrected chi connectivity index (χ2v) is 12.0. The zero-order valence-corrected chi connectivity index (χ0v) is 24.3. The van der Waals surface area contributed by atoms with Gasteiger partial charge >= 0.3 is 0 Å². The minimum atomic E-state index is -3.88. The molecule has 210 valence electrons. The smallest absolute Gasteiger partial charge is 0.263 e. The highest BCUT2D eigenvalue weighted by atomic mass is 32.2. The van der Waals surface area contributed by atoms with Crippen molar-refractivity contribution < 1.29 is 17.7 Å². The van der Waals surface area contributed by atoms with Crippen molar-refractivity contribution >= 4 is 39.2 Å². The number of hydrogen-bond acceptors (Lipinski definition) is 8. The molecule has 3 aromatic carbocycles. The van der Waals surface area contributed by atoms with E-state index in [2.05, 4.69) is 21.3 Å². The number of hydrogen-bond donors (Lipinski definition) is 2. The summed E-state index contributed by atoms with van der Waals surface area (Å²) in [6.45, 7) is 3.65. The maximum absolute atomic E-state index is 12.9. The third-order valence-electron chi connectivity index (χ3n) is 6.19. The Labute approximate surface area is 247 Å². The van der Waals surface area contributed by atoms with E-state index in [1.54, 1.807) is 6.92 Å². The van der Waals surface area contributed by atoms with Gasteiger partial charge < -0.3 is 9.84 Å². The third-order valence-corrected chi connectivity index (χ3v) is 8.53. The van der Waals surface area contributed by atoms with E-state index in [1.807, 2.05) is 67.6 Å². The van der Waals surface area contributed by atoms with Gasteiger partial charge in [-0.05, 0) is 49.7 Å². The minimum Gasteiger partial charge on any atom is -0.360 e. The first-order valence-corrected chi connectivity index (χ1v) is 15.3. The lowest BCUT2D eigenvalue weighted by Crippen LogP contribution is -2.15. The molecular weight excluding hydrogens is 571 g/mol. The van der Waals surface area contributed by atoms with Crippen LogP contribution in [0.4, 0.5) is 11.5 Å². The van der Waals surface area contributed by atoms with Crippen LogP contribution in [0.25, 0.3) is 22.4 Å². The summed E-state index contributed by atoms with van der Waals surface area (Å²) in [5.41, 5.74) is 5.12. The average Bonchev–Trinajstić information content (AvgIpc) is 3.40. The van der Waals surface area contributed by atoms with E-state index < -0.39 is 10.0 Å². The topological polar surface area (TPSA) is 138 Å². The van der Waals surface area contributed by atoms with Gasteiger partial charge in [-0.3, -0.25) is 9.52 Å². The van der Waals surface area contributed by atoms with Crippen molar-refractivity contribution in [3.63, 3.8) is 0 Å². The van der Waals surface area contributed by atoms with Crippen molar-refractivity contribution in [3.05, 3.63) is 108 Å². The van der Waals surface area contributed by atoms with Gasteiger partial charge in [0.25, 0.3) is 10.0 Å². The molecule has 0 radical (unpaired) electrons. The van der Waals surface area contributed by atoms with Gasteiger partial charge in [0.1, 0.15) is 16.9 Å². The number of carbonyl (C=O) groups excluding carboxylic acids is 1. The summed E-state index contributed by atoms with van der Waals surface area (Å²) in [4.78, 5) is 17.6. The normalized spacial score (nSPS) is 11.1. The number of nitriles is 1. The largest absolute Gasteiger partial charge is 0.360 e. The molecule has 42 heavy (non-hydrogen) atoms. The van der Waals surface area contributed by atoms with Crippen molar-refractivity contribution in [2.24, 2.45) is 0 Å². The lowest BCUT2D eigenvalue weighted by Gasteiger charge is -2.13. The predicted molar refractivity (Wildman–Crippen MR) is 162 cm³/mol. The molecule has 0 atom stereocenters. The van der Waals surface area contributed by atoms with Gasteiger partial charge in [0.2, 0.25) is 5.91 Å². The molecule has 2 N–H and O–H groups in total. The van der Waals surface area contributed by atoms with Gasteiger partial charge in [0, 0.05) is 22.9 Å². The first-order valence-electron chi connectivity index (χ1n) is 12.8. The molecule has 5 rings (SSSR count). The van der Waals surface area contributed by atoms with Gasteiger partial charge in [-0.1, -0.05) is 77.1 Å². The second kappa shape index (κ2) is 12.3. The summed E-state index contributed by atoms with van der Waals surface area (Å²) >= 11 is 1.16.